The van der Waals surface area contributed by atoms with Gasteiger partial charge in [-0.15, -0.1) is 0 Å². The van der Waals surface area contributed by atoms with Crippen LogP contribution < -0.4 is 15.0 Å². The highest BCUT2D eigenvalue weighted by Crippen LogP contribution is 2.47. The summed E-state index contributed by atoms with van der Waals surface area (Å²) in [5.41, 5.74) is 2.76. The number of ether oxygens (including phenoxy) is 2. The largest absolute Gasteiger partial charge is 0.475 e. The average molecular weight is 499 g/mol. The number of carbonyl (C=O) groups is 1. The van der Waals surface area contributed by atoms with E-state index < -0.39 is 5.82 Å². The zero-order chi connectivity index (χ0) is 25.1. The van der Waals surface area contributed by atoms with E-state index in [2.05, 4.69) is 15.2 Å². The predicted octanol–water partition coefficient (Wildman–Crippen LogP) is 4.20. The number of likely N-dealkylation sites (tertiary alicyclic amines) is 1. The van der Waals surface area contributed by atoms with Gasteiger partial charge in [0.15, 0.2) is 0 Å². The Labute approximate surface area is 211 Å². The molecule has 2 N–H and O–H groups in total. The molecule has 2 aromatic rings. The topological polar surface area (TPSA) is 87.2 Å². The maximum absolute atomic E-state index is 15.0. The number of hydrogen-bond donors (Lipinski definition) is 2. The van der Waals surface area contributed by atoms with Crippen molar-refractivity contribution in [3.63, 3.8) is 0 Å². The van der Waals surface area contributed by atoms with Crippen molar-refractivity contribution in [2.45, 2.75) is 39.0 Å². The van der Waals surface area contributed by atoms with Gasteiger partial charge in [0.2, 0.25) is 5.88 Å². The van der Waals surface area contributed by atoms with Gasteiger partial charge in [-0.3, -0.25) is 0 Å². The standard InChI is InChI=1S/C27H35FN4O4/c1-19-14-22(28)23(29-26(34)32-7-3-6-27(18-32)4-2-5-27)17-21(19)20-15-24(31-8-11-35-12-9-31)30-25(16-20)36-13-10-33/h14-17,33H,2-13,18H2,1H3,(H,29,34). The third-order valence-corrected chi connectivity index (χ3v) is 7.69. The minimum atomic E-state index is -0.459. The summed E-state index contributed by atoms with van der Waals surface area (Å²) in [5, 5.41) is 12.1. The Morgan fingerprint density at radius 3 is 2.67 bits per heavy atom. The number of piperidine rings is 1. The number of aliphatic hydroxyl groups is 1. The molecular formula is C27H35FN4O4. The molecular weight excluding hydrogens is 463 g/mol. The Bertz CT molecular complexity index is 1100. The monoisotopic (exact) mass is 498 g/mol. The number of halogens is 1. The van der Waals surface area contributed by atoms with Crippen molar-refractivity contribution in [1.82, 2.24) is 9.88 Å². The van der Waals surface area contributed by atoms with Gasteiger partial charge in [0, 0.05) is 32.2 Å². The van der Waals surface area contributed by atoms with E-state index in [1.165, 1.54) is 31.7 Å². The summed E-state index contributed by atoms with van der Waals surface area (Å²) in [6.07, 6.45) is 5.75. The Morgan fingerprint density at radius 1 is 1.17 bits per heavy atom. The van der Waals surface area contributed by atoms with Crippen LogP contribution in [-0.4, -0.2) is 73.6 Å². The second-order valence-corrected chi connectivity index (χ2v) is 10.2. The molecule has 9 heteroatoms. The summed E-state index contributed by atoms with van der Waals surface area (Å²) in [7, 11) is 0. The van der Waals surface area contributed by atoms with Crippen LogP contribution in [0.3, 0.4) is 0 Å². The third kappa shape index (κ3) is 5.27. The van der Waals surface area contributed by atoms with Crippen LogP contribution in [0.5, 0.6) is 5.88 Å². The molecule has 3 heterocycles. The summed E-state index contributed by atoms with van der Waals surface area (Å²) < 4.78 is 26.1. The highest BCUT2D eigenvalue weighted by molar-refractivity contribution is 5.91. The summed E-state index contributed by atoms with van der Waals surface area (Å²) >= 11 is 0. The lowest BCUT2D eigenvalue weighted by Gasteiger charge is -2.48. The molecule has 1 aromatic heterocycles. The van der Waals surface area contributed by atoms with Crippen LogP contribution in [0.25, 0.3) is 11.1 Å². The van der Waals surface area contributed by atoms with Crippen LogP contribution in [0.2, 0.25) is 0 Å². The lowest BCUT2D eigenvalue weighted by Crippen LogP contribution is -2.50. The van der Waals surface area contributed by atoms with Gasteiger partial charge in [0.05, 0.1) is 25.5 Å². The molecule has 0 unspecified atom stereocenters. The van der Waals surface area contributed by atoms with E-state index in [0.29, 0.717) is 38.7 Å². The van der Waals surface area contributed by atoms with E-state index in [1.54, 1.807) is 12.1 Å². The van der Waals surface area contributed by atoms with Gasteiger partial charge in [0.25, 0.3) is 0 Å². The lowest BCUT2D eigenvalue weighted by atomic mass is 9.64. The van der Waals surface area contributed by atoms with E-state index in [1.807, 2.05) is 17.9 Å². The molecule has 3 fully saturated rings. The SMILES string of the molecule is Cc1cc(F)c(NC(=O)N2CCCC3(CCC3)C2)cc1-c1cc(OCCO)nc(N2CCOCC2)c1. The molecule has 2 aliphatic heterocycles. The molecule has 8 nitrogen and oxygen atoms in total. The first kappa shape index (κ1) is 24.8. The molecule has 0 radical (unpaired) electrons. The number of anilines is 2. The number of amides is 2. The molecule has 2 amide bonds. The molecule has 1 saturated carbocycles. The van der Waals surface area contributed by atoms with E-state index in [0.717, 1.165) is 35.5 Å². The molecule has 194 valence electrons. The van der Waals surface area contributed by atoms with Crippen molar-refractivity contribution in [2.75, 3.05) is 62.8 Å². The zero-order valence-corrected chi connectivity index (χ0v) is 20.9. The first-order valence-corrected chi connectivity index (χ1v) is 12.9. The van der Waals surface area contributed by atoms with Gasteiger partial charge in [-0.05, 0) is 72.9 Å². The number of carbonyl (C=O) groups excluding carboxylic acids is 1. The molecule has 5 rings (SSSR count). The fraction of sp³-hybridized carbons (Fsp3) is 0.556. The van der Waals surface area contributed by atoms with Crippen LogP contribution in [-0.2, 0) is 4.74 Å². The van der Waals surface area contributed by atoms with E-state index in [4.69, 9.17) is 9.47 Å². The zero-order valence-electron chi connectivity index (χ0n) is 20.9. The highest BCUT2D eigenvalue weighted by atomic mass is 19.1. The number of pyridine rings is 1. The van der Waals surface area contributed by atoms with E-state index in [9.17, 15) is 14.3 Å². The van der Waals surface area contributed by atoms with Crippen molar-refractivity contribution in [3.05, 3.63) is 35.6 Å². The van der Waals surface area contributed by atoms with Crippen molar-refractivity contribution in [2.24, 2.45) is 5.41 Å². The molecule has 3 aliphatic rings. The van der Waals surface area contributed by atoms with Gasteiger partial charge in [-0.25, -0.2) is 9.18 Å². The maximum Gasteiger partial charge on any atom is 0.321 e. The predicted molar refractivity (Wildman–Crippen MR) is 136 cm³/mol. The molecule has 1 aromatic carbocycles. The van der Waals surface area contributed by atoms with Gasteiger partial charge in [-0.2, -0.15) is 4.98 Å². The number of nitrogens with zero attached hydrogens (tertiary/aromatic N) is 3. The van der Waals surface area contributed by atoms with Gasteiger partial charge >= 0.3 is 6.03 Å². The van der Waals surface area contributed by atoms with Crippen LogP contribution in [0, 0.1) is 18.2 Å². The smallest absolute Gasteiger partial charge is 0.321 e. The number of hydrogen-bond acceptors (Lipinski definition) is 6. The molecule has 1 spiro atoms. The average Bonchev–Trinajstić information content (AvgIpc) is 2.88. The molecule has 2 saturated heterocycles. The number of rotatable bonds is 6. The minimum absolute atomic E-state index is 0.123. The number of urea groups is 1. The van der Waals surface area contributed by atoms with Crippen LogP contribution >= 0.6 is 0 Å². The minimum Gasteiger partial charge on any atom is -0.475 e. The van der Waals surface area contributed by atoms with Gasteiger partial charge in [-0.1, -0.05) is 6.42 Å². The molecule has 0 bridgehead atoms. The molecule has 0 atom stereocenters. The first-order valence-electron chi connectivity index (χ1n) is 12.9. The fourth-order valence-corrected chi connectivity index (χ4v) is 5.57. The Hall–Kier alpha value is -2.91. The van der Waals surface area contributed by atoms with E-state index >= 15 is 0 Å². The Kier molecular flexibility index (Phi) is 7.29. The first-order chi connectivity index (χ1) is 17.5. The van der Waals surface area contributed by atoms with Crippen LogP contribution in [0.4, 0.5) is 20.7 Å². The number of aliphatic hydroxyl groups excluding tert-OH is 1. The number of benzene rings is 1. The van der Waals surface area contributed by atoms with Crippen LogP contribution in [0.1, 0.15) is 37.7 Å². The molecule has 1 aliphatic carbocycles. The van der Waals surface area contributed by atoms with Crippen molar-refractivity contribution in [3.8, 4) is 17.0 Å². The summed E-state index contributed by atoms with van der Waals surface area (Å²) in [5.74, 6) is 0.660. The number of aryl methyl sites for hydroxylation is 1. The van der Waals surface area contributed by atoms with Crippen molar-refractivity contribution < 1.29 is 23.8 Å². The number of morpholine rings is 1. The van der Waals surface area contributed by atoms with Gasteiger partial charge in [0.1, 0.15) is 18.2 Å². The number of nitrogens with one attached hydrogen (secondary N) is 1. The summed E-state index contributed by atoms with van der Waals surface area (Å²) in [4.78, 5) is 21.7. The van der Waals surface area contributed by atoms with Crippen LogP contribution in [0.15, 0.2) is 24.3 Å². The van der Waals surface area contributed by atoms with Crippen molar-refractivity contribution in [1.29, 1.82) is 0 Å². The quantitative estimate of drug-likeness (QED) is 0.621. The normalized spacial score (nSPS) is 19.2. The summed E-state index contributed by atoms with van der Waals surface area (Å²) in [6.45, 7) is 5.93. The molecule has 36 heavy (non-hydrogen) atoms. The lowest BCUT2D eigenvalue weighted by molar-refractivity contribution is 0.0400. The third-order valence-electron chi connectivity index (χ3n) is 7.69. The number of aromatic nitrogens is 1. The second kappa shape index (κ2) is 10.6. The fourth-order valence-electron chi connectivity index (χ4n) is 5.57. The highest BCUT2D eigenvalue weighted by Gasteiger charge is 2.41. The Morgan fingerprint density at radius 2 is 1.94 bits per heavy atom. The van der Waals surface area contributed by atoms with Gasteiger partial charge < -0.3 is 29.7 Å². The maximum atomic E-state index is 15.0. The van der Waals surface area contributed by atoms with Crippen molar-refractivity contribution >= 4 is 17.5 Å². The second-order valence-electron chi connectivity index (χ2n) is 10.2. The summed E-state index contributed by atoms with van der Waals surface area (Å²) in [6, 6.07) is 6.65. The van der Waals surface area contributed by atoms with E-state index in [-0.39, 0.29) is 30.3 Å². The Balaban J connectivity index is 1.42.